The minimum Gasteiger partial charge on any atom is -0.389 e. The normalized spacial score (nSPS) is 12.7. The Morgan fingerprint density at radius 1 is 1.11 bits per heavy atom. The van der Waals surface area contributed by atoms with E-state index in [0.717, 1.165) is 20.3 Å². The molecular formula is C15H13NOS2. The predicted octanol–water partition coefficient (Wildman–Crippen LogP) is 4.50. The molecule has 0 fully saturated rings. The lowest BCUT2D eigenvalue weighted by Gasteiger charge is -2.09. The number of rotatable bonds is 3. The largest absolute Gasteiger partial charge is 0.389 e. The number of fused-ring (bicyclic) bond motifs is 1. The van der Waals surface area contributed by atoms with Crippen LogP contribution in [0.1, 0.15) is 18.6 Å². The van der Waals surface area contributed by atoms with Crippen LogP contribution >= 0.6 is 23.1 Å². The molecule has 1 unspecified atom stereocenters. The average molecular weight is 287 g/mol. The molecule has 0 amide bonds. The first-order valence-corrected chi connectivity index (χ1v) is 7.68. The van der Waals surface area contributed by atoms with Gasteiger partial charge in [0, 0.05) is 4.90 Å². The molecule has 0 aliphatic rings. The second-order valence-electron chi connectivity index (χ2n) is 4.26. The minimum atomic E-state index is -0.460. The van der Waals surface area contributed by atoms with E-state index in [-0.39, 0.29) is 0 Å². The van der Waals surface area contributed by atoms with Gasteiger partial charge in [-0.05, 0) is 30.7 Å². The number of nitrogens with zero attached hydrogens (tertiary/aromatic N) is 1. The third kappa shape index (κ3) is 2.66. The minimum absolute atomic E-state index is 0.460. The van der Waals surface area contributed by atoms with E-state index < -0.39 is 6.10 Å². The van der Waals surface area contributed by atoms with Crippen molar-refractivity contribution in [1.29, 1.82) is 0 Å². The summed E-state index contributed by atoms with van der Waals surface area (Å²) in [5.41, 5.74) is 1.98. The van der Waals surface area contributed by atoms with Crippen LogP contribution < -0.4 is 0 Å². The van der Waals surface area contributed by atoms with Crippen molar-refractivity contribution >= 4 is 33.3 Å². The molecule has 2 nitrogen and oxygen atoms in total. The molecule has 0 aliphatic heterocycles. The maximum Gasteiger partial charge on any atom is 0.155 e. The Hall–Kier alpha value is -1.36. The summed E-state index contributed by atoms with van der Waals surface area (Å²) in [5.74, 6) is 0. The molecule has 0 aliphatic carbocycles. The third-order valence-corrected chi connectivity index (χ3v) is 5.03. The van der Waals surface area contributed by atoms with Gasteiger partial charge in [0.1, 0.15) is 0 Å². The van der Waals surface area contributed by atoms with Crippen LogP contribution in [0.2, 0.25) is 0 Å². The van der Waals surface area contributed by atoms with Crippen LogP contribution in [0, 0.1) is 0 Å². The zero-order chi connectivity index (χ0) is 13.2. The van der Waals surface area contributed by atoms with E-state index in [1.807, 2.05) is 42.5 Å². The van der Waals surface area contributed by atoms with E-state index in [1.165, 1.54) is 4.70 Å². The topological polar surface area (TPSA) is 33.1 Å². The smallest absolute Gasteiger partial charge is 0.155 e. The Morgan fingerprint density at radius 2 is 1.84 bits per heavy atom. The predicted molar refractivity (Wildman–Crippen MR) is 80.8 cm³/mol. The highest BCUT2D eigenvalue weighted by Crippen LogP contribution is 2.37. The summed E-state index contributed by atoms with van der Waals surface area (Å²) in [6, 6.07) is 16.1. The summed E-state index contributed by atoms with van der Waals surface area (Å²) in [5, 5.41) is 9.79. The first kappa shape index (κ1) is 12.7. The Bertz CT molecular complexity index is 673. The fraction of sp³-hybridized carbons (Fsp3) is 0.133. The summed E-state index contributed by atoms with van der Waals surface area (Å²) in [6.45, 7) is 1.79. The molecular weight excluding hydrogens is 274 g/mol. The van der Waals surface area contributed by atoms with Gasteiger partial charge >= 0.3 is 0 Å². The van der Waals surface area contributed by atoms with Gasteiger partial charge in [-0.3, -0.25) is 0 Å². The van der Waals surface area contributed by atoms with Crippen LogP contribution in [-0.2, 0) is 0 Å². The molecule has 2 aromatic carbocycles. The number of thiazole rings is 1. The Morgan fingerprint density at radius 3 is 2.63 bits per heavy atom. The van der Waals surface area contributed by atoms with Crippen LogP contribution in [0.4, 0.5) is 0 Å². The highest BCUT2D eigenvalue weighted by Gasteiger charge is 2.11. The average Bonchev–Trinajstić information content (AvgIpc) is 2.81. The van der Waals surface area contributed by atoms with E-state index >= 15 is 0 Å². The molecule has 0 radical (unpaired) electrons. The van der Waals surface area contributed by atoms with Crippen molar-refractivity contribution in [3.63, 3.8) is 0 Å². The van der Waals surface area contributed by atoms with Crippen LogP contribution in [0.3, 0.4) is 0 Å². The highest BCUT2D eigenvalue weighted by molar-refractivity contribution is 8.01. The lowest BCUT2D eigenvalue weighted by atomic mass is 10.1. The van der Waals surface area contributed by atoms with Crippen LogP contribution in [0.25, 0.3) is 10.2 Å². The SMILES string of the molecule is CC(O)c1ccccc1Sc1nc2ccccc2s1. The lowest BCUT2D eigenvalue weighted by Crippen LogP contribution is -1.92. The van der Waals surface area contributed by atoms with Crippen molar-refractivity contribution in [2.45, 2.75) is 22.3 Å². The summed E-state index contributed by atoms with van der Waals surface area (Å²) in [6.07, 6.45) is -0.460. The van der Waals surface area contributed by atoms with Crippen LogP contribution in [0.15, 0.2) is 57.8 Å². The van der Waals surface area contributed by atoms with Gasteiger partial charge in [0.2, 0.25) is 0 Å². The molecule has 1 atom stereocenters. The van der Waals surface area contributed by atoms with Crippen molar-refractivity contribution in [2.75, 3.05) is 0 Å². The molecule has 0 saturated heterocycles. The zero-order valence-corrected chi connectivity index (χ0v) is 12.0. The number of aliphatic hydroxyl groups is 1. The summed E-state index contributed by atoms with van der Waals surface area (Å²) < 4.78 is 2.20. The standard InChI is InChI=1S/C15H13NOS2/c1-10(17)11-6-2-4-8-13(11)18-15-16-12-7-3-5-9-14(12)19-15/h2-10,17H,1H3. The Kier molecular flexibility index (Phi) is 3.55. The van der Waals surface area contributed by atoms with Gasteiger partial charge in [0.15, 0.2) is 4.34 Å². The molecule has 1 aromatic heterocycles. The monoisotopic (exact) mass is 287 g/mol. The second kappa shape index (κ2) is 5.33. The molecule has 0 saturated carbocycles. The second-order valence-corrected chi connectivity index (χ2v) is 6.58. The van der Waals surface area contributed by atoms with E-state index in [4.69, 9.17) is 0 Å². The van der Waals surface area contributed by atoms with E-state index in [2.05, 4.69) is 11.1 Å². The van der Waals surface area contributed by atoms with E-state index in [9.17, 15) is 5.11 Å². The quantitative estimate of drug-likeness (QED) is 0.770. The van der Waals surface area contributed by atoms with Crippen molar-refractivity contribution in [3.8, 4) is 0 Å². The Labute approximate surface area is 120 Å². The molecule has 0 spiro atoms. The fourth-order valence-corrected chi connectivity index (χ4v) is 4.14. The number of hydrogen-bond donors (Lipinski definition) is 1. The lowest BCUT2D eigenvalue weighted by molar-refractivity contribution is 0.196. The highest BCUT2D eigenvalue weighted by atomic mass is 32.2. The van der Waals surface area contributed by atoms with Gasteiger partial charge in [-0.2, -0.15) is 0 Å². The van der Waals surface area contributed by atoms with Crippen molar-refractivity contribution in [2.24, 2.45) is 0 Å². The molecule has 4 heteroatoms. The number of para-hydroxylation sites is 1. The van der Waals surface area contributed by atoms with E-state index in [0.29, 0.717) is 0 Å². The summed E-state index contributed by atoms with van der Waals surface area (Å²) in [4.78, 5) is 5.67. The molecule has 1 heterocycles. The maximum atomic E-state index is 9.79. The van der Waals surface area contributed by atoms with Crippen LogP contribution in [-0.4, -0.2) is 10.1 Å². The van der Waals surface area contributed by atoms with Gasteiger partial charge < -0.3 is 5.11 Å². The van der Waals surface area contributed by atoms with Gasteiger partial charge in [0.25, 0.3) is 0 Å². The first-order valence-electron chi connectivity index (χ1n) is 6.04. The number of benzene rings is 2. The van der Waals surface area contributed by atoms with Crippen molar-refractivity contribution in [3.05, 3.63) is 54.1 Å². The van der Waals surface area contributed by atoms with Gasteiger partial charge in [-0.15, -0.1) is 11.3 Å². The van der Waals surface area contributed by atoms with Crippen molar-refractivity contribution in [1.82, 2.24) is 4.98 Å². The molecule has 3 aromatic rings. The van der Waals surface area contributed by atoms with Crippen molar-refractivity contribution < 1.29 is 5.11 Å². The summed E-state index contributed by atoms with van der Waals surface area (Å²) in [7, 11) is 0. The number of aliphatic hydroxyl groups excluding tert-OH is 1. The Balaban J connectivity index is 1.97. The first-order chi connectivity index (χ1) is 9.24. The number of hydrogen-bond acceptors (Lipinski definition) is 4. The molecule has 0 bridgehead atoms. The van der Waals surface area contributed by atoms with Gasteiger partial charge in [-0.25, -0.2) is 4.98 Å². The third-order valence-electron chi connectivity index (χ3n) is 2.84. The van der Waals surface area contributed by atoms with Gasteiger partial charge in [-0.1, -0.05) is 42.1 Å². The summed E-state index contributed by atoms with van der Waals surface area (Å²) >= 11 is 3.30. The maximum absolute atomic E-state index is 9.79. The van der Waals surface area contributed by atoms with Gasteiger partial charge in [0.05, 0.1) is 16.3 Å². The molecule has 96 valence electrons. The molecule has 19 heavy (non-hydrogen) atoms. The van der Waals surface area contributed by atoms with Crippen LogP contribution in [0.5, 0.6) is 0 Å². The fourth-order valence-electron chi connectivity index (χ4n) is 1.91. The van der Waals surface area contributed by atoms with E-state index in [1.54, 1.807) is 30.0 Å². The zero-order valence-electron chi connectivity index (χ0n) is 10.4. The molecule has 1 N–H and O–H groups in total. The molecule has 3 rings (SSSR count). The number of aromatic nitrogens is 1.